The van der Waals surface area contributed by atoms with Gasteiger partial charge in [0.05, 0.1) is 5.56 Å². The molecule has 0 radical (unpaired) electrons. The predicted octanol–water partition coefficient (Wildman–Crippen LogP) is 2.71. The second-order valence-corrected chi connectivity index (χ2v) is 3.97. The highest BCUT2D eigenvalue weighted by atomic mass is 19.2. The summed E-state index contributed by atoms with van der Waals surface area (Å²) in [5.74, 6) is -5.14. The minimum Gasteiger partial charge on any atom is -0.381 e. The van der Waals surface area contributed by atoms with E-state index in [1.54, 1.807) is 0 Å². The molecule has 5 heteroatoms. The van der Waals surface area contributed by atoms with Gasteiger partial charge in [0.2, 0.25) is 0 Å². The van der Waals surface area contributed by atoms with E-state index in [0.29, 0.717) is 26.1 Å². The van der Waals surface area contributed by atoms with Crippen molar-refractivity contribution in [2.75, 3.05) is 13.2 Å². The first-order valence-electron chi connectivity index (χ1n) is 5.36. The zero-order valence-electron chi connectivity index (χ0n) is 9.01. The van der Waals surface area contributed by atoms with Crippen LogP contribution in [0.5, 0.6) is 0 Å². The molecule has 92 valence electrons. The Bertz CT molecular complexity index is 440. The molecule has 1 saturated heterocycles. The first kappa shape index (κ1) is 12.1. The predicted molar refractivity (Wildman–Crippen MR) is 54.2 cm³/mol. The summed E-state index contributed by atoms with van der Waals surface area (Å²) in [4.78, 5) is 11.9. The molecule has 0 unspecified atom stereocenters. The molecule has 0 spiro atoms. The van der Waals surface area contributed by atoms with Gasteiger partial charge in [0.1, 0.15) is 0 Å². The average molecular weight is 244 g/mol. The van der Waals surface area contributed by atoms with E-state index in [1.807, 2.05) is 0 Å². The van der Waals surface area contributed by atoms with E-state index in [9.17, 15) is 18.0 Å². The Morgan fingerprint density at radius 1 is 1.12 bits per heavy atom. The maximum Gasteiger partial charge on any atom is 0.195 e. The zero-order valence-corrected chi connectivity index (χ0v) is 9.01. The summed E-state index contributed by atoms with van der Waals surface area (Å²) < 4.78 is 44.2. The van der Waals surface area contributed by atoms with Crippen LogP contribution in [-0.4, -0.2) is 19.0 Å². The quantitative estimate of drug-likeness (QED) is 0.590. The Morgan fingerprint density at radius 3 is 2.41 bits per heavy atom. The maximum atomic E-state index is 13.4. The molecular formula is C12H11F3O2. The summed E-state index contributed by atoms with van der Waals surface area (Å²) >= 11 is 0. The molecule has 2 rings (SSSR count). The van der Waals surface area contributed by atoms with Crippen LogP contribution < -0.4 is 0 Å². The molecule has 0 aliphatic carbocycles. The second kappa shape index (κ2) is 4.87. The Kier molecular flexibility index (Phi) is 3.47. The van der Waals surface area contributed by atoms with Crippen LogP contribution in [0, 0.1) is 23.4 Å². The number of rotatable bonds is 2. The summed E-state index contributed by atoms with van der Waals surface area (Å²) in [6.07, 6.45) is 0.967. The lowest BCUT2D eigenvalue weighted by Gasteiger charge is -2.21. The SMILES string of the molecule is O=C(c1ccc(F)c(F)c1F)C1CCOCC1. The minimum absolute atomic E-state index is 0.372. The molecule has 0 N–H and O–H groups in total. The van der Waals surface area contributed by atoms with E-state index in [-0.39, 0.29) is 11.5 Å². The number of hydrogen-bond acceptors (Lipinski definition) is 2. The Labute approximate surface area is 96.4 Å². The Morgan fingerprint density at radius 2 is 1.76 bits per heavy atom. The summed E-state index contributed by atoms with van der Waals surface area (Å²) in [6.45, 7) is 0.864. The van der Waals surface area contributed by atoms with Gasteiger partial charge in [-0.15, -0.1) is 0 Å². The van der Waals surface area contributed by atoms with Crippen molar-refractivity contribution in [1.29, 1.82) is 0 Å². The van der Waals surface area contributed by atoms with Crippen LogP contribution in [0.15, 0.2) is 12.1 Å². The molecule has 1 heterocycles. The van der Waals surface area contributed by atoms with Crippen LogP contribution in [0.2, 0.25) is 0 Å². The van der Waals surface area contributed by atoms with Gasteiger partial charge < -0.3 is 4.74 Å². The highest BCUT2D eigenvalue weighted by Crippen LogP contribution is 2.23. The molecule has 0 bridgehead atoms. The van der Waals surface area contributed by atoms with Crippen molar-refractivity contribution >= 4 is 5.78 Å². The Balaban J connectivity index is 2.27. The third-order valence-corrected chi connectivity index (χ3v) is 2.89. The first-order valence-corrected chi connectivity index (χ1v) is 5.36. The van der Waals surface area contributed by atoms with Crippen molar-refractivity contribution in [2.45, 2.75) is 12.8 Å². The number of Topliss-reactive ketones (excluding diaryl/α,β-unsaturated/α-hetero) is 1. The number of carbonyl (C=O) groups excluding carboxylic acids is 1. The van der Waals surface area contributed by atoms with E-state index < -0.39 is 23.2 Å². The summed E-state index contributed by atoms with van der Waals surface area (Å²) in [7, 11) is 0. The topological polar surface area (TPSA) is 26.3 Å². The van der Waals surface area contributed by atoms with Crippen LogP contribution >= 0.6 is 0 Å². The number of hydrogen-bond donors (Lipinski definition) is 0. The normalized spacial score (nSPS) is 17.1. The number of benzene rings is 1. The number of ketones is 1. The third kappa shape index (κ3) is 2.34. The number of carbonyl (C=O) groups is 1. The standard InChI is InChI=1S/C12H11F3O2/c13-9-2-1-8(10(14)11(9)15)12(16)7-3-5-17-6-4-7/h1-2,7H,3-6H2. The lowest BCUT2D eigenvalue weighted by molar-refractivity contribution is 0.0541. The van der Waals surface area contributed by atoms with Crippen LogP contribution in [0.3, 0.4) is 0 Å². The maximum absolute atomic E-state index is 13.4. The van der Waals surface area contributed by atoms with E-state index in [2.05, 4.69) is 0 Å². The van der Waals surface area contributed by atoms with Crippen molar-refractivity contribution in [3.63, 3.8) is 0 Å². The summed E-state index contributed by atoms with van der Waals surface area (Å²) in [5, 5.41) is 0. The van der Waals surface area contributed by atoms with Crippen LogP contribution in [0.1, 0.15) is 23.2 Å². The van der Waals surface area contributed by atoms with Crippen LogP contribution in [0.4, 0.5) is 13.2 Å². The minimum atomic E-state index is -1.59. The Hall–Kier alpha value is -1.36. The highest BCUT2D eigenvalue weighted by molar-refractivity contribution is 5.98. The van der Waals surface area contributed by atoms with Gasteiger partial charge in [0.25, 0.3) is 0 Å². The molecule has 17 heavy (non-hydrogen) atoms. The van der Waals surface area contributed by atoms with E-state index in [0.717, 1.165) is 12.1 Å². The first-order chi connectivity index (χ1) is 8.11. The van der Waals surface area contributed by atoms with Crippen molar-refractivity contribution < 1.29 is 22.7 Å². The smallest absolute Gasteiger partial charge is 0.195 e. The zero-order chi connectivity index (χ0) is 12.4. The van der Waals surface area contributed by atoms with Crippen molar-refractivity contribution in [3.8, 4) is 0 Å². The molecule has 1 aromatic carbocycles. The van der Waals surface area contributed by atoms with Gasteiger partial charge in [0.15, 0.2) is 23.2 Å². The molecule has 2 nitrogen and oxygen atoms in total. The van der Waals surface area contributed by atoms with Gasteiger partial charge in [-0.25, -0.2) is 13.2 Å². The molecule has 0 amide bonds. The van der Waals surface area contributed by atoms with Crippen LogP contribution in [-0.2, 0) is 4.74 Å². The largest absolute Gasteiger partial charge is 0.381 e. The lowest BCUT2D eigenvalue weighted by atomic mass is 9.90. The van der Waals surface area contributed by atoms with Crippen molar-refractivity contribution in [3.05, 3.63) is 35.1 Å². The average Bonchev–Trinajstić information content (AvgIpc) is 2.36. The summed E-state index contributed by atoms with van der Waals surface area (Å²) in [6, 6.07) is 1.76. The lowest BCUT2D eigenvalue weighted by Crippen LogP contribution is -2.24. The van der Waals surface area contributed by atoms with Crippen molar-refractivity contribution in [2.24, 2.45) is 5.92 Å². The molecule has 0 saturated carbocycles. The monoisotopic (exact) mass is 244 g/mol. The second-order valence-electron chi connectivity index (χ2n) is 3.97. The molecular weight excluding hydrogens is 233 g/mol. The number of halogens is 3. The van der Waals surface area contributed by atoms with Gasteiger partial charge >= 0.3 is 0 Å². The highest BCUT2D eigenvalue weighted by Gasteiger charge is 2.27. The van der Waals surface area contributed by atoms with Gasteiger partial charge in [-0.1, -0.05) is 0 Å². The molecule has 0 aromatic heterocycles. The van der Waals surface area contributed by atoms with Gasteiger partial charge in [-0.05, 0) is 25.0 Å². The molecule has 1 aliphatic rings. The molecule has 1 fully saturated rings. The summed E-state index contributed by atoms with van der Waals surface area (Å²) in [5.41, 5.74) is -0.379. The van der Waals surface area contributed by atoms with Gasteiger partial charge in [0, 0.05) is 19.1 Å². The van der Waals surface area contributed by atoms with Crippen LogP contribution in [0.25, 0.3) is 0 Å². The molecule has 0 atom stereocenters. The molecule has 1 aliphatic heterocycles. The fourth-order valence-corrected chi connectivity index (χ4v) is 1.90. The molecule has 1 aromatic rings. The fourth-order valence-electron chi connectivity index (χ4n) is 1.90. The third-order valence-electron chi connectivity index (χ3n) is 2.89. The van der Waals surface area contributed by atoms with E-state index in [1.165, 1.54) is 0 Å². The van der Waals surface area contributed by atoms with Crippen molar-refractivity contribution in [1.82, 2.24) is 0 Å². The van der Waals surface area contributed by atoms with Gasteiger partial charge in [-0.2, -0.15) is 0 Å². The van der Waals surface area contributed by atoms with Gasteiger partial charge in [-0.3, -0.25) is 4.79 Å². The van der Waals surface area contributed by atoms with E-state index in [4.69, 9.17) is 4.74 Å². The van der Waals surface area contributed by atoms with E-state index >= 15 is 0 Å². The number of ether oxygens (including phenoxy) is 1. The fraction of sp³-hybridized carbons (Fsp3) is 0.417.